The van der Waals surface area contributed by atoms with Gasteiger partial charge in [0.25, 0.3) is 0 Å². The highest BCUT2D eigenvalue weighted by molar-refractivity contribution is 7.98. The summed E-state index contributed by atoms with van der Waals surface area (Å²) in [6.45, 7) is 1.99. The number of aryl methyl sites for hydroxylation is 1. The molecule has 28 heavy (non-hydrogen) atoms. The van der Waals surface area contributed by atoms with Crippen molar-refractivity contribution in [2.75, 3.05) is 0 Å². The lowest BCUT2D eigenvalue weighted by molar-refractivity contribution is 0.626. The molecule has 0 bridgehead atoms. The fourth-order valence-electron chi connectivity index (χ4n) is 2.99. The molecular formula is C22H17F2N3S. The maximum atomic E-state index is 14.4. The van der Waals surface area contributed by atoms with Crippen LogP contribution in [-0.2, 0) is 5.75 Å². The summed E-state index contributed by atoms with van der Waals surface area (Å²) in [6.07, 6.45) is 0. The molecule has 0 saturated heterocycles. The Morgan fingerprint density at radius 2 is 1.68 bits per heavy atom. The van der Waals surface area contributed by atoms with Crippen LogP contribution in [0.1, 0.15) is 11.1 Å². The van der Waals surface area contributed by atoms with Crippen LogP contribution in [0.25, 0.3) is 17.1 Å². The molecule has 0 fully saturated rings. The average Bonchev–Trinajstić information content (AvgIpc) is 3.11. The largest absolute Gasteiger partial charge is 0.270 e. The van der Waals surface area contributed by atoms with E-state index in [-0.39, 0.29) is 11.6 Å². The van der Waals surface area contributed by atoms with E-state index in [0.717, 1.165) is 16.8 Å². The summed E-state index contributed by atoms with van der Waals surface area (Å²) in [5.74, 6) is 0.338. The minimum atomic E-state index is -0.355. The third-order valence-electron chi connectivity index (χ3n) is 4.36. The molecule has 3 nitrogen and oxygen atoms in total. The molecule has 0 aliphatic rings. The number of nitrogens with zero attached hydrogens (tertiary/aromatic N) is 3. The van der Waals surface area contributed by atoms with Crippen LogP contribution in [0.15, 0.2) is 78.0 Å². The lowest BCUT2D eigenvalue weighted by Crippen LogP contribution is -2.03. The lowest BCUT2D eigenvalue weighted by atomic mass is 10.1. The standard InChI is InChI=1S/C22H17F2N3S/c1-15-7-2-5-12-20(15)27-21(18-10-3-4-11-19(18)24)25-26-22(27)28-14-16-8-6-9-17(23)13-16/h2-13H,14H2,1H3. The van der Waals surface area contributed by atoms with E-state index in [9.17, 15) is 8.78 Å². The van der Waals surface area contributed by atoms with Crippen LogP contribution in [0.3, 0.4) is 0 Å². The Labute approximate surface area is 166 Å². The number of hydrogen-bond acceptors (Lipinski definition) is 3. The van der Waals surface area contributed by atoms with E-state index < -0.39 is 0 Å². The van der Waals surface area contributed by atoms with Gasteiger partial charge < -0.3 is 0 Å². The van der Waals surface area contributed by atoms with Gasteiger partial charge in [-0.1, -0.05) is 54.2 Å². The highest BCUT2D eigenvalue weighted by atomic mass is 32.2. The monoisotopic (exact) mass is 393 g/mol. The number of thioether (sulfide) groups is 1. The number of hydrogen-bond donors (Lipinski definition) is 0. The molecule has 0 amide bonds. The highest BCUT2D eigenvalue weighted by Crippen LogP contribution is 2.32. The normalized spacial score (nSPS) is 11.0. The van der Waals surface area contributed by atoms with E-state index in [4.69, 9.17) is 0 Å². The highest BCUT2D eigenvalue weighted by Gasteiger charge is 2.19. The predicted octanol–water partition coefficient (Wildman–Crippen LogP) is 5.81. The second-order valence-electron chi connectivity index (χ2n) is 6.33. The van der Waals surface area contributed by atoms with Crippen LogP contribution < -0.4 is 0 Å². The van der Waals surface area contributed by atoms with E-state index in [1.165, 1.54) is 30.0 Å². The lowest BCUT2D eigenvalue weighted by Gasteiger charge is -2.13. The number of para-hydroxylation sites is 1. The van der Waals surface area contributed by atoms with Crippen LogP contribution in [0, 0.1) is 18.6 Å². The van der Waals surface area contributed by atoms with Crippen LogP contribution in [-0.4, -0.2) is 14.8 Å². The van der Waals surface area contributed by atoms with Crippen molar-refractivity contribution in [2.24, 2.45) is 0 Å². The van der Waals surface area contributed by atoms with Gasteiger partial charge in [-0.25, -0.2) is 8.78 Å². The predicted molar refractivity (Wildman–Crippen MR) is 107 cm³/mol. The first-order valence-corrected chi connectivity index (χ1v) is 9.75. The maximum Gasteiger partial charge on any atom is 0.196 e. The maximum absolute atomic E-state index is 14.4. The molecule has 0 unspecified atom stereocenters. The van der Waals surface area contributed by atoms with E-state index in [2.05, 4.69) is 10.2 Å². The van der Waals surface area contributed by atoms with Crippen LogP contribution >= 0.6 is 11.8 Å². The molecule has 0 aliphatic carbocycles. The summed E-state index contributed by atoms with van der Waals surface area (Å²) < 4.78 is 29.8. The summed E-state index contributed by atoms with van der Waals surface area (Å²) in [5.41, 5.74) is 3.13. The quantitative estimate of drug-likeness (QED) is 0.401. The van der Waals surface area contributed by atoms with E-state index in [1.807, 2.05) is 41.8 Å². The summed E-state index contributed by atoms with van der Waals surface area (Å²) in [7, 11) is 0. The van der Waals surface area contributed by atoms with Crippen molar-refractivity contribution in [3.63, 3.8) is 0 Å². The van der Waals surface area contributed by atoms with E-state index in [1.54, 1.807) is 24.3 Å². The SMILES string of the molecule is Cc1ccccc1-n1c(SCc2cccc(F)c2)nnc1-c1ccccc1F. The molecule has 6 heteroatoms. The van der Waals surface area contributed by atoms with Crippen LogP contribution in [0.4, 0.5) is 8.78 Å². The molecule has 1 aromatic heterocycles. The molecule has 3 aromatic carbocycles. The van der Waals surface area contributed by atoms with Gasteiger partial charge in [0.05, 0.1) is 11.3 Å². The zero-order valence-corrected chi connectivity index (χ0v) is 16.0. The number of rotatable bonds is 5. The second kappa shape index (κ2) is 7.94. The van der Waals surface area contributed by atoms with E-state index >= 15 is 0 Å². The molecule has 0 radical (unpaired) electrons. The van der Waals surface area contributed by atoms with Gasteiger partial charge in [-0.15, -0.1) is 10.2 Å². The first-order chi connectivity index (χ1) is 13.6. The van der Waals surface area contributed by atoms with Gasteiger partial charge in [-0.2, -0.15) is 0 Å². The Hall–Kier alpha value is -2.99. The van der Waals surface area contributed by atoms with Crippen molar-refractivity contribution in [3.05, 3.63) is 95.6 Å². The zero-order valence-electron chi connectivity index (χ0n) is 15.1. The smallest absolute Gasteiger partial charge is 0.196 e. The van der Waals surface area contributed by atoms with Crippen LogP contribution in [0.2, 0.25) is 0 Å². The van der Waals surface area contributed by atoms with Gasteiger partial charge in [-0.3, -0.25) is 4.57 Å². The Morgan fingerprint density at radius 1 is 0.893 bits per heavy atom. The van der Waals surface area contributed by atoms with Gasteiger partial charge in [0, 0.05) is 5.75 Å². The molecule has 0 atom stereocenters. The first kappa shape index (κ1) is 18.4. The fourth-order valence-corrected chi connectivity index (χ4v) is 3.87. The molecule has 140 valence electrons. The Bertz CT molecular complexity index is 1120. The summed E-state index contributed by atoms with van der Waals surface area (Å²) in [5, 5.41) is 9.20. The van der Waals surface area contributed by atoms with Crippen molar-refractivity contribution in [3.8, 4) is 17.1 Å². The molecule has 0 saturated carbocycles. The topological polar surface area (TPSA) is 30.7 Å². The van der Waals surface area contributed by atoms with E-state index in [0.29, 0.717) is 22.3 Å². The number of halogens is 2. The van der Waals surface area contributed by atoms with Crippen LogP contribution in [0.5, 0.6) is 0 Å². The van der Waals surface area contributed by atoms with Crippen molar-refractivity contribution < 1.29 is 8.78 Å². The number of aromatic nitrogens is 3. The third kappa shape index (κ3) is 3.68. The Morgan fingerprint density at radius 3 is 2.46 bits per heavy atom. The molecule has 4 rings (SSSR count). The van der Waals surface area contributed by atoms with Gasteiger partial charge in [0.2, 0.25) is 0 Å². The summed E-state index contributed by atoms with van der Waals surface area (Å²) in [4.78, 5) is 0. The van der Waals surface area contributed by atoms with Crippen molar-refractivity contribution >= 4 is 11.8 Å². The third-order valence-corrected chi connectivity index (χ3v) is 5.36. The molecule has 4 aromatic rings. The Kier molecular flexibility index (Phi) is 5.21. The fraction of sp³-hybridized carbons (Fsp3) is 0.0909. The zero-order chi connectivity index (χ0) is 19.5. The molecular weight excluding hydrogens is 376 g/mol. The molecule has 1 heterocycles. The van der Waals surface area contributed by atoms with Crippen molar-refractivity contribution in [1.82, 2.24) is 14.8 Å². The number of benzene rings is 3. The first-order valence-electron chi connectivity index (χ1n) is 8.77. The average molecular weight is 393 g/mol. The summed E-state index contributed by atoms with van der Waals surface area (Å²) >= 11 is 1.43. The molecule has 0 spiro atoms. The molecule has 0 aliphatic heterocycles. The van der Waals surface area contributed by atoms with Gasteiger partial charge in [0.15, 0.2) is 11.0 Å². The van der Waals surface area contributed by atoms with Gasteiger partial charge >= 0.3 is 0 Å². The Balaban J connectivity index is 1.79. The minimum Gasteiger partial charge on any atom is -0.270 e. The van der Waals surface area contributed by atoms with Crippen molar-refractivity contribution in [1.29, 1.82) is 0 Å². The second-order valence-corrected chi connectivity index (χ2v) is 7.27. The van der Waals surface area contributed by atoms with Gasteiger partial charge in [0.1, 0.15) is 11.6 Å². The molecule has 0 N–H and O–H groups in total. The minimum absolute atomic E-state index is 0.273. The summed E-state index contributed by atoms with van der Waals surface area (Å²) in [6, 6.07) is 20.8. The van der Waals surface area contributed by atoms with Crippen molar-refractivity contribution in [2.45, 2.75) is 17.8 Å². The van der Waals surface area contributed by atoms with Gasteiger partial charge in [-0.05, 0) is 48.4 Å².